The zero-order chi connectivity index (χ0) is 17.6. The van der Waals surface area contributed by atoms with Gasteiger partial charge in [0.15, 0.2) is 5.82 Å². The summed E-state index contributed by atoms with van der Waals surface area (Å²) in [4.78, 5) is 18.5. The maximum Gasteiger partial charge on any atom is 0.246 e. The number of amides is 1. The monoisotopic (exact) mass is 374 g/mol. The Kier molecular flexibility index (Phi) is 8.82. The number of hydrogen-bond acceptors (Lipinski definition) is 6. The molecule has 1 fully saturated rings. The molecule has 1 aliphatic rings. The zero-order valence-corrected chi connectivity index (χ0v) is 16.3. The first-order valence-electron chi connectivity index (χ1n) is 8.88. The minimum atomic E-state index is -0.212. The molecule has 2 N–H and O–H groups in total. The minimum Gasteiger partial charge on any atom is -0.371 e. The van der Waals surface area contributed by atoms with Crippen LogP contribution in [0.25, 0.3) is 0 Å². The molecule has 1 aromatic heterocycles. The number of halogens is 1. The predicted octanol–water partition coefficient (Wildman–Crippen LogP) is 2.85. The van der Waals surface area contributed by atoms with Gasteiger partial charge in [-0.05, 0) is 38.6 Å². The van der Waals surface area contributed by atoms with Crippen LogP contribution in [-0.2, 0) is 16.1 Å². The molecule has 2 rings (SSSR count). The average Bonchev–Trinajstić information content (AvgIpc) is 3.04. The summed E-state index contributed by atoms with van der Waals surface area (Å²) >= 11 is 0. The number of carbonyl (C=O) groups is 1. The van der Waals surface area contributed by atoms with Crippen molar-refractivity contribution in [2.45, 2.75) is 65.0 Å². The maximum absolute atomic E-state index is 12.6. The van der Waals surface area contributed by atoms with Crippen molar-refractivity contribution < 1.29 is 14.1 Å². The standard InChI is InChI=1S/C17H30N4O3.ClH/c1-4-23-13(2)16-19-14(24-20-16)11-21(3)15(22)10-17(12-18)8-6-5-7-9-17;/h13H,4-12,18H2,1-3H3;1H. The molecule has 0 spiro atoms. The van der Waals surface area contributed by atoms with Gasteiger partial charge >= 0.3 is 0 Å². The van der Waals surface area contributed by atoms with Crippen LogP contribution in [0.5, 0.6) is 0 Å². The largest absolute Gasteiger partial charge is 0.371 e. The van der Waals surface area contributed by atoms with Gasteiger partial charge in [-0.3, -0.25) is 4.79 Å². The van der Waals surface area contributed by atoms with E-state index in [0.29, 0.717) is 37.8 Å². The number of rotatable bonds is 8. The molecule has 1 saturated carbocycles. The van der Waals surface area contributed by atoms with E-state index >= 15 is 0 Å². The molecule has 144 valence electrons. The Labute approximate surface area is 156 Å². The van der Waals surface area contributed by atoms with E-state index in [4.69, 9.17) is 15.0 Å². The second kappa shape index (κ2) is 10.1. The van der Waals surface area contributed by atoms with Gasteiger partial charge in [-0.15, -0.1) is 12.4 Å². The number of carbonyl (C=O) groups excluding carboxylic acids is 1. The number of aromatic nitrogens is 2. The van der Waals surface area contributed by atoms with Gasteiger partial charge in [0.25, 0.3) is 0 Å². The van der Waals surface area contributed by atoms with E-state index in [2.05, 4.69) is 10.1 Å². The van der Waals surface area contributed by atoms with Gasteiger partial charge in [0.2, 0.25) is 11.8 Å². The van der Waals surface area contributed by atoms with E-state index in [1.807, 2.05) is 13.8 Å². The van der Waals surface area contributed by atoms with Gasteiger partial charge in [0, 0.05) is 20.1 Å². The lowest BCUT2D eigenvalue weighted by molar-refractivity contribution is -0.133. The van der Waals surface area contributed by atoms with Crippen LogP contribution in [0.1, 0.15) is 70.2 Å². The molecule has 0 saturated heterocycles. The van der Waals surface area contributed by atoms with Gasteiger partial charge in [-0.1, -0.05) is 24.4 Å². The maximum atomic E-state index is 12.6. The van der Waals surface area contributed by atoms with Crippen molar-refractivity contribution in [2.75, 3.05) is 20.2 Å². The fourth-order valence-electron chi connectivity index (χ4n) is 3.32. The molecule has 1 aromatic rings. The van der Waals surface area contributed by atoms with E-state index in [-0.39, 0.29) is 29.8 Å². The summed E-state index contributed by atoms with van der Waals surface area (Å²) in [6.45, 7) is 5.27. The number of nitrogens with zero attached hydrogens (tertiary/aromatic N) is 3. The van der Waals surface area contributed by atoms with Crippen LogP contribution in [0, 0.1) is 5.41 Å². The summed E-state index contributed by atoms with van der Waals surface area (Å²) in [5.41, 5.74) is 5.94. The van der Waals surface area contributed by atoms with Crippen LogP contribution in [0.4, 0.5) is 0 Å². The van der Waals surface area contributed by atoms with Crippen molar-refractivity contribution in [3.05, 3.63) is 11.7 Å². The van der Waals surface area contributed by atoms with Crippen LogP contribution in [0.2, 0.25) is 0 Å². The molecular weight excluding hydrogens is 344 g/mol. The zero-order valence-electron chi connectivity index (χ0n) is 15.5. The summed E-state index contributed by atoms with van der Waals surface area (Å²) in [5, 5.41) is 3.92. The van der Waals surface area contributed by atoms with E-state index in [1.54, 1.807) is 11.9 Å². The average molecular weight is 375 g/mol. The van der Waals surface area contributed by atoms with E-state index < -0.39 is 0 Å². The van der Waals surface area contributed by atoms with Gasteiger partial charge in [0.05, 0.1) is 6.54 Å². The smallest absolute Gasteiger partial charge is 0.246 e. The van der Waals surface area contributed by atoms with Gasteiger partial charge in [-0.2, -0.15) is 4.98 Å². The first kappa shape index (κ1) is 21.9. The summed E-state index contributed by atoms with van der Waals surface area (Å²) < 4.78 is 10.7. The van der Waals surface area contributed by atoms with E-state index in [0.717, 1.165) is 25.7 Å². The molecular formula is C17H31ClN4O3. The van der Waals surface area contributed by atoms with Crippen molar-refractivity contribution >= 4 is 18.3 Å². The van der Waals surface area contributed by atoms with Gasteiger partial charge in [0.1, 0.15) is 6.10 Å². The van der Waals surface area contributed by atoms with E-state index in [1.165, 1.54) is 6.42 Å². The number of nitrogens with two attached hydrogens (primary N) is 1. The highest BCUT2D eigenvalue weighted by Gasteiger charge is 2.34. The van der Waals surface area contributed by atoms with Crippen molar-refractivity contribution in [3.8, 4) is 0 Å². The summed E-state index contributed by atoms with van der Waals surface area (Å²) in [7, 11) is 1.77. The highest BCUT2D eigenvalue weighted by atomic mass is 35.5. The fraction of sp³-hybridized carbons (Fsp3) is 0.824. The Balaban J connectivity index is 0.00000312. The fourth-order valence-corrected chi connectivity index (χ4v) is 3.32. The third kappa shape index (κ3) is 5.94. The van der Waals surface area contributed by atoms with Crippen molar-refractivity contribution in [1.82, 2.24) is 15.0 Å². The van der Waals surface area contributed by atoms with Crippen molar-refractivity contribution in [2.24, 2.45) is 11.1 Å². The van der Waals surface area contributed by atoms with Crippen molar-refractivity contribution in [3.63, 3.8) is 0 Å². The molecule has 0 bridgehead atoms. The molecule has 1 atom stereocenters. The second-order valence-electron chi connectivity index (χ2n) is 6.84. The van der Waals surface area contributed by atoms with E-state index in [9.17, 15) is 4.79 Å². The first-order chi connectivity index (χ1) is 11.5. The SMILES string of the molecule is CCOC(C)c1noc(CN(C)C(=O)CC2(CN)CCCCC2)n1.Cl. The first-order valence-corrected chi connectivity index (χ1v) is 8.88. The summed E-state index contributed by atoms with van der Waals surface area (Å²) in [6.07, 6.45) is 5.94. The quantitative estimate of drug-likeness (QED) is 0.751. The molecule has 0 aromatic carbocycles. The number of hydrogen-bond donors (Lipinski definition) is 1. The third-order valence-corrected chi connectivity index (χ3v) is 4.94. The Bertz CT molecular complexity index is 532. The molecule has 0 aliphatic heterocycles. The summed E-state index contributed by atoms with van der Waals surface area (Å²) in [5.74, 6) is 1.02. The lowest BCUT2D eigenvalue weighted by Gasteiger charge is -2.36. The molecule has 1 aliphatic carbocycles. The third-order valence-electron chi connectivity index (χ3n) is 4.94. The Morgan fingerprint density at radius 2 is 2.08 bits per heavy atom. The van der Waals surface area contributed by atoms with Crippen LogP contribution in [-0.4, -0.2) is 41.1 Å². The predicted molar refractivity (Wildman–Crippen MR) is 97.3 cm³/mol. The molecule has 0 radical (unpaired) electrons. The number of ether oxygens (including phenoxy) is 1. The Morgan fingerprint density at radius 1 is 1.40 bits per heavy atom. The molecule has 7 nitrogen and oxygen atoms in total. The van der Waals surface area contributed by atoms with Crippen LogP contribution in [0.15, 0.2) is 4.52 Å². The summed E-state index contributed by atoms with van der Waals surface area (Å²) in [6, 6.07) is 0. The molecule has 8 heteroatoms. The Hall–Kier alpha value is -1.18. The second-order valence-corrected chi connectivity index (χ2v) is 6.84. The lowest BCUT2D eigenvalue weighted by Crippen LogP contribution is -2.39. The van der Waals surface area contributed by atoms with Crippen molar-refractivity contribution in [1.29, 1.82) is 0 Å². The van der Waals surface area contributed by atoms with Gasteiger partial charge in [-0.25, -0.2) is 0 Å². The Morgan fingerprint density at radius 3 is 2.68 bits per heavy atom. The highest BCUT2D eigenvalue weighted by Crippen LogP contribution is 2.38. The molecule has 1 unspecified atom stereocenters. The highest BCUT2D eigenvalue weighted by molar-refractivity contribution is 5.85. The normalized spacial score (nSPS) is 17.6. The van der Waals surface area contributed by atoms with Gasteiger partial charge < -0.3 is 19.9 Å². The molecule has 1 amide bonds. The lowest BCUT2D eigenvalue weighted by atomic mass is 9.71. The van der Waals surface area contributed by atoms with Crippen LogP contribution < -0.4 is 5.73 Å². The molecule has 25 heavy (non-hydrogen) atoms. The molecule has 1 heterocycles. The van der Waals surface area contributed by atoms with Crippen LogP contribution >= 0.6 is 12.4 Å². The minimum absolute atomic E-state index is 0. The van der Waals surface area contributed by atoms with Crippen LogP contribution in [0.3, 0.4) is 0 Å². The topological polar surface area (TPSA) is 94.5 Å².